The van der Waals surface area contributed by atoms with Crippen LogP contribution in [0, 0.1) is 13.8 Å². The molecule has 7 heteroatoms. The second kappa shape index (κ2) is 11.1. The third-order valence-electron chi connectivity index (χ3n) is 5.10. The molecule has 1 aromatic heterocycles. The Bertz CT molecular complexity index is 1150. The van der Waals surface area contributed by atoms with Crippen LogP contribution < -0.4 is 10.2 Å². The molecule has 0 atom stereocenters. The molecule has 3 aromatic rings. The number of esters is 1. The van der Waals surface area contributed by atoms with E-state index < -0.39 is 0 Å². The maximum Gasteiger partial charge on any atom is 0.340 e. The minimum absolute atomic E-state index is 0.211. The molecule has 0 spiro atoms. The molecule has 0 unspecified atom stereocenters. The van der Waals surface area contributed by atoms with E-state index in [0.717, 1.165) is 34.0 Å². The number of ether oxygens (including phenoxy) is 2. The highest BCUT2D eigenvalue weighted by atomic mass is 16.5. The van der Waals surface area contributed by atoms with Crippen LogP contribution in [0.5, 0.6) is 5.75 Å². The summed E-state index contributed by atoms with van der Waals surface area (Å²) in [4.78, 5) is 24.7. The van der Waals surface area contributed by atoms with Crippen LogP contribution in [-0.4, -0.2) is 35.9 Å². The highest BCUT2D eigenvalue weighted by Crippen LogP contribution is 2.23. The van der Waals surface area contributed by atoms with Crippen molar-refractivity contribution >= 4 is 18.1 Å². The van der Waals surface area contributed by atoms with Crippen LogP contribution in [0.25, 0.3) is 5.69 Å². The van der Waals surface area contributed by atoms with E-state index in [0.29, 0.717) is 18.8 Å². The van der Waals surface area contributed by atoms with Crippen molar-refractivity contribution in [3.05, 3.63) is 82.7 Å². The van der Waals surface area contributed by atoms with Crippen LogP contribution in [0.1, 0.15) is 46.7 Å². The summed E-state index contributed by atoms with van der Waals surface area (Å²) in [6.07, 6.45) is 1.83. The van der Waals surface area contributed by atoms with Gasteiger partial charge in [0.05, 0.1) is 37.1 Å². The van der Waals surface area contributed by atoms with Gasteiger partial charge in [-0.2, -0.15) is 5.10 Å². The molecule has 0 bridgehead atoms. The predicted molar refractivity (Wildman–Crippen MR) is 128 cm³/mol. The largest absolute Gasteiger partial charge is 0.494 e. The summed E-state index contributed by atoms with van der Waals surface area (Å²) in [6, 6.07) is 16.7. The molecule has 0 aliphatic heterocycles. The molecule has 7 nitrogen and oxygen atoms in total. The van der Waals surface area contributed by atoms with E-state index in [1.54, 1.807) is 19.2 Å². The average molecular weight is 448 g/mol. The molecule has 0 aliphatic carbocycles. The number of aromatic nitrogens is 1. The monoisotopic (exact) mass is 447 g/mol. The molecule has 0 aliphatic rings. The van der Waals surface area contributed by atoms with Crippen molar-refractivity contribution in [1.29, 1.82) is 0 Å². The van der Waals surface area contributed by atoms with Crippen molar-refractivity contribution in [3.63, 3.8) is 0 Å². The molecule has 0 radical (unpaired) electrons. The molecule has 1 heterocycles. The summed E-state index contributed by atoms with van der Waals surface area (Å²) >= 11 is 0. The Morgan fingerprint density at radius 1 is 1.03 bits per heavy atom. The van der Waals surface area contributed by atoms with Gasteiger partial charge in [-0.05, 0) is 63.6 Å². The lowest BCUT2D eigenvalue weighted by molar-refractivity contribution is -0.120. The summed E-state index contributed by atoms with van der Waals surface area (Å²) in [6.45, 7) is 8.52. The van der Waals surface area contributed by atoms with Crippen LogP contribution in [0.2, 0.25) is 0 Å². The lowest BCUT2D eigenvalue weighted by atomic mass is 10.1. The number of hydrogen-bond acceptors (Lipinski definition) is 5. The summed E-state index contributed by atoms with van der Waals surface area (Å²) < 4.78 is 12.6. The molecular formula is C26H29N3O4. The summed E-state index contributed by atoms with van der Waals surface area (Å²) in [5, 5.41) is 4.13. The lowest BCUT2D eigenvalue weighted by Crippen LogP contribution is -2.19. The first-order chi connectivity index (χ1) is 15.9. The van der Waals surface area contributed by atoms with Crippen molar-refractivity contribution in [2.24, 2.45) is 5.10 Å². The van der Waals surface area contributed by atoms with Gasteiger partial charge in [-0.25, -0.2) is 10.2 Å². The van der Waals surface area contributed by atoms with E-state index in [4.69, 9.17) is 9.47 Å². The Labute approximate surface area is 194 Å². The first kappa shape index (κ1) is 23.8. The fourth-order valence-corrected chi connectivity index (χ4v) is 3.61. The number of hydrazone groups is 1. The number of nitrogens with one attached hydrogen (secondary N) is 1. The maximum absolute atomic E-state index is 12.4. The predicted octanol–water partition coefficient (Wildman–Crippen LogP) is 4.36. The molecule has 0 saturated carbocycles. The second-order valence-corrected chi connectivity index (χ2v) is 7.45. The van der Waals surface area contributed by atoms with Crippen LogP contribution in [0.4, 0.5) is 0 Å². The van der Waals surface area contributed by atoms with Gasteiger partial charge < -0.3 is 14.0 Å². The number of carbonyl (C=O) groups is 2. The summed E-state index contributed by atoms with van der Waals surface area (Å²) in [5.74, 6) is 0.203. The highest BCUT2D eigenvalue weighted by molar-refractivity contribution is 5.94. The number of amides is 1. The Balaban J connectivity index is 1.72. The second-order valence-electron chi connectivity index (χ2n) is 7.45. The number of hydrogen-bond donors (Lipinski definition) is 1. The normalized spacial score (nSPS) is 10.9. The Kier molecular flexibility index (Phi) is 8.02. The summed E-state index contributed by atoms with van der Waals surface area (Å²) in [7, 11) is 0. The fourth-order valence-electron chi connectivity index (χ4n) is 3.61. The first-order valence-corrected chi connectivity index (χ1v) is 10.9. The Hall–Kier alpha value is -3.87. The van der Waals surface area contributed by atoms with E-state index in [2.05, 4.69) is 10.5 Å². The first-order valence-electron chi connectivity index (χ1n) is 10.9. The minimum Gasteiger partial charge on any atom is -0.494 e. The van der Waals surface area contributed by atoms with E-state index in [-0.39, 0.29) is 18.3 Å². The van der Waals surface area contributed by atoms with Gasteiger partial charge in [-0.15, -0.1) is 0 Å². The SMILES string of the molecule is CCOC(=O)c1ccccc1-n1c(C)cc(/C=N\NC(=O)Cc2ccc(OCC)cc2)c1C. The zero-order valence-electron chi connectivity index (χ0n) is 19.4. The van der Waals surface area contributed by atoms with Crippen molar-refractivity contribution in [2.75, 3.05) is 13.2 Å². The number of nitrogens with zero attached hydrogens (tertiary/aromatic N) is 2. The third kappa shape index (κ3) is 5.88. The van der Waals surface area contributed by atoms with Crippen LogP contribution in [0.15, 0.2) is 59.7 Å². The molecule has 172 valence electrons. The molecule has 0 fully saturated rings. The molecule has 0 saturated heterocycles. The highest BCUT2D eigenvalue weighted by Gasteiger charge is 2.17. The van der Waals surface area contributed by atoms with Crippen LogP contribution in [0.3, 0.4) is 0 Å². The molecule has 1 amide bonds. The number of rotatable bonds is 9. The molecule has 33 heavy (non-hydrogen) atoms. The molecule has 1 N–H and O–H groups in total. The zero-order valence-corrected chi connectivity index (χ0v) is 19.4. The van der Waals surface area contributed by atoms with E-state index in [1.165, 1.54) is 0 Å². The van der Waals surface area contributed by atoms with Crippen LogP contribution in [-0.2, 0) is 16.0 Å². The molecule has 3 rings (SSSR count). The zero-order chi connectivity index (χ0) is 23.8. The van der Waals surface area contributed by atoms with Gasteiger partial charge in [0.25, 0.3) is 0 Å². The standard InChI is InChI=1S/C26H29N3O4/c1-5-32-22-13-11-20(12-14-22)16-25(30)28-27-17-21-15-18(3)29(19(21)4)24-10-8-7-9-23(24)26(31)33-6-2/h7-15,17H,5-6,16H2,1-4H3,(H,28,30)/b27-17-. The van der Waals surface area contributed by atoms with E-state index in [1.807, 2.05) is 73.9 Å². The van der Waals surface area contributed by atoms with Crippen LogP contribution >= 0.6 is 0 Å². The number of aryl methyl sites for hydroxylation is 1. The van der Waals surface area contributed by atoms with Gasteiger partial charge in [-0.3, -0.25) is 4.79 Å². The van der Waals surface area contributed by atoms with Gasteiger partial charge in [0.1, 0.15) is 5.75 Å². The minimum atomic E-state index is -0.364. The average Bonchev–Trinajstić information content (AvgIpc) is 3.08. The van der Waals surface area contributed by atoms with Gasteiger partial charge in [0.15, 0.2) is 0 Å². The Morgan fingerprint density at radius 2 is 1.76 bits per heavy atom. The quantitative estimate of drug-likeness (QED) is 0.300. The maximum atomic E-state index is 12.4. The number of carbonyl (C=O) groups excluding carboxylic acids is 2. The topological polar surface area (TPSA) is 81.9 Å². The van der Waals surface area contributed by atoms with Gasteiger partial charge in [0, 0.05) is 17.0 Å². The lowest BCUT2D eigenvalue weighted by Gasteiger charge is -2.14. The third-order valence-corrected chi connectivity index (χ3v) is 5.10. The van der Waals surface area contributed by atoms with E-state index in [9.17, 15) is 9.59 Å². The molecular weight excluding hydrogens is 418 g/mol. The van der Waals surface area contributed by atoms with Gasteiger partial charge in [-0.1, -0.05) is 24.3 Å². The number of para-hydroxylation sites is 1. The van der Waals surface area contributed by atoms with Crippen molar-refractivity contribution in [3.8, 4) is 11.4 Å². The van der Waals surface area contributed by atoms with Crippen molar-refractivity contribution < 1.29 is 19.1 Å². The van der Waals surface area contributed by atoms with Gasteiger partial charge in [0.2, 0.25) is 5.91 Å². The van der Waals surface area contributed by atoms with Crippen molar-refractivity contribution in [2.45, 2.75) is 34.1 Å². The smallest absolute Gasteiger partial charge is 0.340 e. The van der Waals surface area contributed by atoms with E-state index >= 15 is 0 Å². The Morgan fingerprint density at radius 3 is 2.45 bits per heavy atom. The number of benzene rings is 2. The fraction of sp³-hybridized carbons (Fsp3) is 0.269. The van der Waals surface area contributed by atoms with Gasteiger partial charge >= 0.3 is 5.97 Å². The summed E-state index contributed by atoms with van der Waals surface area (Å²) in [5.41, 5.74) is 7.36. The van der Waals surface area contributed by atoms with Crippen molar-refractivity contribution in [1.82, 2.24) is 9.99 Å². The molecule has 2 aromatic carbocycles.